The molecule has 3 aromatic carbocycles. The number of anilines is 1. The lowest BCUT2D eigenvalue weighted by Crippen LogP contribution is -2.45. The van der Waals surface area contributed by atoms with Crippen LogP contribution in [0.4, 0.5) is 5.69 Å². The minimum atomic E-state index is -1.48. The number of benzene rings is 3. The molecule has 4 aliphatic heterocycles. The number of likely N-dealkylation sites (N-methyl/N-ethyl adjacent to an activating group) is 1. The quantitative estimate of drug-likeness (QED) is 0.137. The Morgan fingerprint density at radius 1 is 0.977 bits per heavy atom. The van der Waals surface area contributed by atoms with Gasteiger partial charge in [-0.15, -0.1) is 0 Å². The molecule has 4 heterocycles. The lowest BCUT2D eigenvalue weighted by Gasteiger charge is -2.43. The van der Waals surface area contributed by atoms with Gasteiger partial charge in [0.1, 0.15) is 24.6 Å². The molecule has 0 N–H and O–H groups in total. The molecule has 0 fully saturated rings. The lowest BCUT2D eigenvalue weighted by atomic mass is 9.83. The maximum atomic E-state index is 12.8. The predicted octanol–water partition coefficient (Wildman–Crippen LogP) is 6.81. The molecule has 228 valence electrons. The molecule has 0 saturated carbocycles. The molecule has 0 aliphatic carbocycles. The zero-order chi connectivity index (χ0) is 31.2. The van der Waals surface area contributed by atoms with Gasteiger partial charge in [-0.05, 0) is 64.7 Å². The molecule has 0 aromatic heterocycles. The maximum absolute atomic E-state index is 12.8. The Balaban J connectivity index is 1.69. The molecule has 7 rings (SSSR count). The summed E-state index contributed by atoms with van der Waals surface area (Å²) in [7, 11) is 0. The molecule has 3 aromatic rings. The zero-order valence-corrected chi connectivity index (χ0v) is 28.1. The molecule has 0 radical (unpaired) electrons. The number of hydrogen-bond donors (Lipinski definition) is 0. The molecule has 0 amide bonds. The molecule has 0 spiro atoms. The van der Waals surface area contributed by atoms with E-state index in [9.17, 15) is 9.90 Å². The number of carbonyl (C=O) groups excluding carboxylic acids is 1. The Morgan fingerprint density at radius 3 is 2.43 bits per heavy atom. The molecule has 4 aliphatic rings. The number of carboxylic acid groups (broad SMARTS) is 1. The van der Waals surface area contributed by atoms with E-state index >= 15 is 0 Å². The molecule has 44 heavy (non-hydrogen) atoms. The average molecular weight is 670 g/mol. The van der Waals surface area contributed by atoms with Crippen molar-refractivity contribution in [1.82, 2.24) is 4.58 Å². The third-order valence-corrected chi connectivity index (χ3v) is 11.4. The van der Waals surface area contributed by atoms with Gasteiger partial charge < -0.3 is 19.5 Å². The van der Waals surface area contributed by atoms with E-state index in [1.54, 1.807) is 0 Å². The first-order chi connectivity index (χ1) is 20.9. The third kappa shape index (κ3) is 4.34. The van der Waals surface area contributed by atoms with Crippen molar-refractivity contribution in [3.8, 4) is 11.5 Å². The van der Waals surface area contributed by atoms with Crippen LogP contribution in [0.15, 0.2) is 24.3 Å². The van der Waals surface area contributed by atoms with Gasteiger partial charge in [0.05, 0.1) is 37.2 Å². The minimum absolute atomic E-state index is 0.00403. The number of nitrogens with zero attached hydrogens (tertiary/aromatic N) is 2. The van der Waals surface area contributed by atoms with Crippen LogP contribution in [0.2, 0.25) is 20.1 Å². The van der Waals surface area contributed by atoms with Crippen LogP contribution >= 0.6 is 46.4 Å². The summed E-state index contributed by atoms with van der Waals surface area (Å²) in [5.74, 6) is -0.131. The maximum Gasteiger partial charge on any atom is 0.210 e. The Morgan fingerprint density at radius 2 is 1.70 bits per heavy atom. The van der Waals surface area contributed by atoms with Crippen molar-refractivity contribution >= 4 is 69.2 Å². The average Bonchev–Trinajstić information content (AvgIpc) is 3.19. The van der Waals surface area contributed by atoms with Crippen LogP contribution in [0.1, 0.15) is 85.1 Å². The fourth-order valence-electron chi connectivity index (χ4n) is 7.84. The Hall–Kier alpha value is -2.70. The lowest BCUT2D eigenvalue weighted by molar-refractivity contribution is -0.255. The second kappa shape index (κ2) is 10.7. The summed E-state index contributed by atoms with van der Waals surface area (Å²) in [4.78, 5) is 15.1. The predicted molar refractivity (Wildman–Crippen MR) is 178 cm³/mol. The first kappa shape index (κ1) is 30.0. The Bertz CT molecular complexity index is 1980. The van der Waals surface area contributed by atoms with Crippen LogP contribution in [0.3, 0.4) is 0 Å². The van der Waals surface area contributed by atoms with Gasteiger partial charge in [-0.2, -0.15) is 0 Å². The second-order valence-corrected chi connectivity index (χ2v) is 14.2. The summed E-state index contributed by atoms with van der Waals surface area (Å²) < 4.78 is 9.42. The van der Waals surface area contributed by atoms with Gasteiger partial charge in [0.15, 0.2) is 0 Å². The summed E-state index contributed by atoms with van der Waals surface area (Å²) >= 11 is 26.6. The number of fused-ring (bicyclic) bond motifs is 4. The topological polar surface area (TPSA) is 55.6 Å². The van der Waals surface area contributed by atoms with Gasteiger partial charge in [0.25, 0.3) is 0 Å². The fourth-order valence-corrected chi connectivity index (χ4v) is 8.86. The number of ether oxygens (including phenoxy) is 1. The second-order valence-electron chi connectivity index (χ2n) is 12.6. The molecule has 0 saturated heterocycles. The smallest absolute Gasteiger partial charge is 0.210 e. The van der Waals surface area contributed by atoms with Crippen LogP contribution in [0.25, 0.3) is 11.1 Å². The zero-order valence-electron chi connectivity index (χ0n) is 25.1. The molecular weight excluding hydrogens is 638 g/mol. The summed E-state index contributed by atoms with van der Waals surface area (Å²) in [5.41, 5.74) is 6.61. The van der Waals surface area contributed by atoms with Gasteiger partial charge in [0, 0.05) is 69.7 Å². The summed E-state index contributed by atoms with van der Waals surface area (Å²) in [6.45, 7) is 11.5. The number of carboxylic acids is 1. The number of rotatable bonds is 3. The third-order valence-electron chi connectivity index (χ3n) is 9.59. The van der Waals surface area contributed by atoms with Gasteiger partial charge in [-0.25, -0.2) is 4.58 Å². The number of aromatic carboxylic acids is 1. The highest BCUT2D eigenvalue weighted by atomic mass is 35.5. The summed E-state index contributed by atoms with van der Waals surface area (Å²) in [6.07, 6.45) is 7.22. The van der Waals surface area contributed by atoms with Gasteiger partial charge in [-0.1, -0.05) is 52.5 Å². The molecular formula is C35H32Cl4N2O3. The van der Waals surface area contributed by atoms with Crippen molar-refractivity contribution in [3.05, 3.63) is 88.3 Å². The Labute approximate surface area is 276 Å². The van der Waals surface area contributed by atoms with E-state index in [-0.39, 0.29) is 36.8 Å². The van der Waals surface area contributed by atoms with Crippen molar-refractivity contribution in [3.63, 3.8) is 0 Å². The van der Waals surface area contributed by atoms with Crippen molar-refractivity contribution in [1.29, 1.82) is 0 Å². The highest BCUT2D eigenvalue weighted by molar-refractivity contribution is 6.53. The first-order valence-electron chi connectivity index (χ1n) is 15.2. The number of halogens is 4. The first-order valence-corrected chi connectivity index (χ1v) is 16.7. The van der Waals surface area contributed by atoms with Crippen molar-refractivity contribution < 1.29 is 14.6 Å². The van der Waals surface area contributed by atoms with Gasteiger partial charge >= 0.3 is 0 Å². The Kier molecular flexibility index (Phi) is 7.28. The van der Waals surface area contributed by atoms with E-state index in [1.165, 1.54) is 10.9 Å². The van der Waals surface area contributed by atoms with E-state index in [0.29, 0.717) is 16.9 Å². The SMILES string of the molecule is CCN1c2cc3c(cc2C(C)=CC1(C)C)C(c1c(Cl)c(Cl)c(Cl)c(Cl)c1C(=O)[O-])=c1cc2c4c(c1O3)CCC[N+]=4CCCC2. The van der Waals surface area contributed by atoms with E-state index < -0.39 is 5.97 Å². The van der Waals surface area contributed by atoms with Crippen molar-refractivity contribution in [2.45, 2.75) is 65.3 Å². The van der Waals surface area contributed by atoms with Crippen molar-refractivity contribution in [2.75, 3.05) is 24.5 Å². The monoisotopic (exact) mass is 668 g/mol. The van der Waals surface area contributed by atoms with Crippen LogP contribution in [-0.4, -0.2) is 31.1 Å². The molecule has 0 bridgehead atoms. The molecule has 0 atom stereocenters. The highest BCUT2D eigenvalue weighted by Crippen LogP contribution is 2.50. The van der Waals surface area contributed by atoms with Crippen LogP contribution in [0.5, 0.6) is 11.5 Å². The number of hydrogen-bond acceptors (Lipinski definition) is 4. The van der Waals surface area contributed by atoms with E-state index in [4.69, 9.17) is 51.1 Å². The molecule has 5 nitrogen and oxygen atoms in total. The van der Waals surface area contributed by atoms with Gasteiger partial charge in [-0.3, -0.25) is 0 Å². The number of carbonyl (C=O) groups is 1. The molecule has 0 unspecified atom stereocenters. The standard InChI is InChI=1S/C35H32Cl4N2O3/c1-5-41-23-15-24-21(14-20(23)17(2)16-35(41,3)4)25(26-27(34(42)43)29(37)31(39)30(38)28(26)36)22-13-18-9-6-7-11-40-12-8-10-19(32(18)40)33(22)44-24/h13-16H,5-12H2,1-4H3. The largest absolute Gasteiger partial charge is 0.545 e. The number of aryl methyl sites for hydroxylation is 1. The van der Waals surface area contributed by atoms with Crippen molar-refractivity contribution in [2.24, 2.45) is 0 Å². The fraction of sp³-hybridized carbons (Fsp3) is 0.371. The van der Waals surface area contributed by atoms with Crippen LogP contribution in [-0.2, 0) is 12.8 Å². The van der Waals surface area contributed by atoms with E-state index in [1.807, 2.05) is 0 Å². The summed E-state index contributed by atoms with van der Waals surface area (Å²) in [6, 6.07) is 6.33. The van der Waals surface area contributed by atoms with Gasteiger partial charge in [0.2, 0.25) is 5.36 Å². The highest BCUT2D eigenvalue weighted by Gasteiger charge is 2.36. The molecule has 9 heteroatoms. The minimum Gasteiger partial charge on any atom is -0.545 e. The number of allylic oxidation sites excluding steroid dienone is 1. The van der Waals surface area contributed by atoms with E-state index in [2.05, 4.69) is 61.4 Å². The van der Waals surface area contributed by atoms with Crippen LogP contribution in [0, 0.1) is 0 Å². The normalized spacial score (nSPS) is 18.0. The van der Waals surface area contributed by atoms with Crippen LogP contribution < -0.4 is 29.9 Å². The van der Waals surface area contributed by atoms with E-state index in [0.717, 1.165) is 85.1 Å². The summed E-state index contributed by atoms with van der Waals surface area (Å²) in [5, 5.41) is 14.5.